The maximum absolute atomic E-state index is 12.4. The van der Waals surface area contributed by atoms with Gasteiger partial charge in [0.25, 0.3) is 5.91 Å². The highest BCUT2D eigenvalue weighted by molar-refractivity contribution is 5.94. The first kappa shape index (κ1) is 13.6. The van der Waals surface area contributed by atoms with Crippen LogP contribution in [0.3, 0.4) is 0 Å². The van der Waals surface area contributed by atoms with Crippen LogP contribution in [-0.2, 0) is 17.7 Å². The predicted octanol–water partition coefficient (Wildman–Crippen LogP) is 0.600. The monoisotopic (exact) mass is 278 g/mol. The molecule has 3 heterocycles. The molecule has 0 aromatic carbocycles. The van der Waals surface area contributed by atoms with Crippen molar-refractivity contribution in [2.24, 2.45) is 5.92 Å². The van der Waals surface area contributed by atoms with Crippen molar-refractivity contribution >= 4 is 5.91 Å². The molecule has 0 bridgehead atoms. The Morgan fingerprint density at radius 2 is 2.25 bits per heavy atom. The molecule has 3 N–H and O–H groups in total. The van der Waals surface area contributed by atoms with Gasteiger partial charge in [0.05, 0.1) is 0 Å². The van der Waals surface area contributed by atoms with E-state index < -0.39 is 0 Å². The van der Waals surface area contributed by atoms with E-state index in [1.54, 1.807) is 0 Å². The fraction of sp³-hybridized carbons (Fsp3) is 0.714. The highest BCUT2D eigenvalue weighted by Crippen LogP contribution is 2.20. The summed E-state index contributed by atoms with van der Waals surface area (Å²) < 4.78 is 5.36. The van der Waals surface area contributed by atoms with Crippen LogP contribution in [0.2, 0.25) is 0 Å². The summed E-state index contributed by atoms with van der Waals surface area (Å²) in [6.07, 6.45) is 2.94. The number of carbonyl (C=O) groups is 1. The molecule has 2 aliphatic heterocycles. The van der Waals surface area contributed by atoms with E-state index in [9.17, 15) is 4.79 Å². The smallest absolute Gasteiger partial charge is 0.272 e. The zero-order chi connectivity index (χ0) is 13.9. The summed E-state index contributed by atoms with van der Waals surface area (Å²) in [5.74, 6) is 0.436. The standard InChI is InChI=1S/C14H22N4O2/c1-9(10-3-6-20-7-4-10)16-14(19)13-11-8-15-5-2-12(11)17-18-13/h9-10,15H,2-8H2,1H3,(H,16,19)(H,17,18). The summed E-state index contributed by atoms with van der Waals surface area (Å²) in [6.45, 7) is 5.33. The van der Waals surface area contributed by atoms with Crippen LogP contribution in [0.5, 0.6) is 0 Å². The number of hydrogen-bond donors (Lipinski definition) is 3. The summed E-state index contributed by atoms with van der Waals surface area (Å²) in [5.41, 5.74) is 2.66. The largest absolute Gasteiger partial charge is 0.381 e. The lowest BCUT2D eigenvalue weighted by Gasteiger charge is -2.28. The quantitative estimate of drug-likeness (QED) is 0.756. The minimum absolute atomic E-state index is 0.0646. The third kappa shape index (κ3) is 2.71. The molecule has 0 spiro atoms. The molecular formula is C14H22N4O2. The second kappa shape index (κ2) is 5.93. The van der Waals surface area contributed by atoms with Gasteiger partial charge < -0.3 is 15.4 Å². The van der Waals surface area contributed by atoms with Gasteiger partial charge in [0.2, 0.25) is 0 Å². The first-order valence-corrected chi connectivity index (χ1v) is 7.41. The normalized spacial score (nSPS) is 21.2. The van der Waals surface area contributed by atoms with Crippen molar-refractivity contribution in [1.29, 1.82) is 0 Å². The van der Waals surface area contributed by atoms with Crippen molar-refractivity contribution in [3.05, 3.63) is 17.0 Å². The maximum Gasteiger partial charge on any atom is 0.272 e. The molecule has 1 saturated heterocycles. The Morgan fingerprint density at radius 1 is 1.45 bits per heavy atom. The van der Waals surface area contributed by atoms with Gasteiger partial charge in [-0.2, -0.15) is 5.10 Å². The topological polar surface area (TPSA) is 79.0 Å². The van der Waals surface area contributed by atoms with Crippen molar-refractivity contribution in [3.8, 4) is 0 Å². The van der Waals surface area contributed by atoms with Crippen molar-refractivity contribution in [2.75, 3.05) is 19.8 Å². The van der Waals surface area contributed by atoms with Crippen LogP contribution < -0.4 is 10.6 Å². The van der Waals surface area contributed by atoms with E-state index in [2.05, 4.69) is 27.8 Å². The van der Waals surface area contributed by atoms with Gasteiger partial charge in [0.1, 0.15) is 0 Å². The molecule has 20 heavy (non-hydrogen) atoms. The summed E-state index contributed by atoms with van der Waals surface area (Å²) >= 11 is 0. The number of ether oxygens (including phenoxy) is 1. The zero-order valence-corrected chi connectivity index (χ0v) is 11.9. The molecule has 1 unspecified atom stereocenters. The lowest BCUT2D eigenvalue weighted by molar-refractivity contribution is 0.0537. The van der Waals surface area contributed by atoms with Crippen molar-refractivity contribution in [2.45, 2.75) is 38.8 Å². The minimum Gasteiger partial charge on any atom is -0.381 e. The number of fused-ring (bicyclic) bond motifs is 1. The van der Waals surface area contributed by atoms with Crippen LogP contribution in [-0.4, -0.2) is 41.9 Å². The Hall–Kier alpha value is -1.40. The Bertz CT molecular complexity index is 480. The van der Waals surface area contributed by atoms with Crippen LogP contribution in [0.15, 0.2) is 0 Å². The van der Waals surface area contributed by atoms with E-state index in [1.807, 2.05) is 0 Å². The molecule has 1 atom stereocenters. The Kier molecular flexibility index (Phi) is 4.03. The molecule has 1 fully saturated rings. The Balaban J connectivity index is 1.65. The number of carbonyl (C=O) groups excluding carboxylic acids is 1. The van der Waals surface area contributed by atoms with Gasteiger partial charge in [-0.1, -0.05) is 0 Å². The number of aromatic nitrogens is 2. The molecule has 1 amide bonds. The van der Waals surface area contributed by atoms with Crippen LogP contribution in [0.1, 0.15) is 41.5 Å². The molecule has 1 aromatic rings. The summed E-state index contributed by atoms with van der Waals surface area (Å²) in [7, 11) is 0. The van der Waals surface area contributed by atoms with Gasteiger partial charge in [-0.3, -0.25) is 9.89 Å². The molecule has 110 valence electrons. The van der Waals surface area contributed by atoms with Crippen molar-refractivity contribution in [1.82, 2.24) is 20.8 Å². The van der Waals surface area contributed by atoms with Crippen LogP contribution in [0, 0.1) is 5.92 Å². The molecular weight excluding hydrogens is 256 g/mol. The van der Waals surface area contributed by atoms with Crippen molar-refractivity contribution in [3.63, 3.8) is 0 Å². The molecule has 6 nitrogen and oxygen atoms in total. The van der Waals surface area contributed by atoms with Crippen LogP contribution >= 0.6 is 0 Å². The van der Waals surface area contributed by atoms with E-state index in [-0.39, 0.29) is 11.9 Å². The summed E-state index contributed by atoms with van der Waals surface area (Å²) in [4.78, 5) is 12.4. The number of nitrogens with zero attached hydrogens (tertiary/aromatic N) is 1. The van der Waals surface area contributed by atoms with E-state index >= 15 is 0 Å². The Labute approximate surface area is 118 Å². The van der Waals surface area contributed by atoms with Gasteiger partial charge in [0.15, 0.2) is 5.69 Å². The molecule has 0 aliphatic carbocycles. The lowest BCUT2D eigenvalue weighted by Crippen LogP contribution is -2.41. The van der Waals surface area contributed by atoms with E-state index in [0.29, 0.717) is 11.6 Å². The van der Waals surface area contributed by atoms with Crippen LogP contribution in [0.25, 0.3) is 0 Å². The second-order valence-electron chi connectivity index (χ2n) is 5.67. The molecule has 6 heteroatoms. The molecule has 3 rings (SSSR count). The summed E-state index contributed by atoms with van der Waals surface area (Å²) in [6, 6.07) is 0.162. The number of aromatic amines is 1. The fourth-order valence-corrected chi connectivity index (χ4v) is 3.02. The average molecular weight is 278 g/mol. The van der Waals surface area contributed by atoms with Gasteiger partial charge in [0, 0.05) is 50.0 Å². The average Bonchev–Trinajstić information content (AvgIpc) is 2.92. The fourth-order valence-electron chi connectivity index (χ4n) is 3.02. The summed E-state index contributed by atoms with van der Waals surface area (Å²) in [5, 5.41) is 13.6. The van der Waals surface area contributed by atoms with Gasteiger partial charge in [-0.15, -0.1) is 0 Å². The highest BCUT2D eigenvalue weighted by atomic mass is 16.5. The highest BCUT2D eigenvalue weighted by Gasteiger charge is 2.26. The lowest BCUT2D eigenvalue weighted by atomic mass is 9.93. The van der Waals surface area contributed by atoms with E-state index in [0.717, 1.165) is 56.8 Å². The number of rotatable bonds is 3. The maximum atomic E-state index is 12.4. The SMILES string of the molecule is CC(NC(=O)c1n[nH]c2c1CNCC2)C1CCOCC1. The molecule has 2 aliphatic rings. The van der Waals surface area contributed by atoms with Gasteiger partial charge in [-0.05, 0) is 25.7 Å². The first-order chi connectivity index (χ1) is 9.75. The van der Waals surface area contributed by atoms with Crippen LogP contribution in [0.4, 0.5) is 0 Å². The number of nitrogens with one attached hydrogen (secondary N) is 3. The third-order valence-corrected chi connectivity index (χ3v) is 4.35. The first-order valence-electron chi connectivity index (χ1n) is 7.41. The molecule has 0 radical (unpaired) electrons. The van der Waals surface area contributed by atoms with Gasteiger partial charge >= 0.3 is 0 Å². The second-order valence-corrected chi connectivity index (χ2v) is 5.67. The zero-order valence-electron chi connectivity index (χ0n) is 11.9. The Morgan fingerprint density at radius 3 is 3.05 bits per heavy atom. The number of amides is 1. The van der Waals surface area contributed by atoms with E-state index in [1.165, 1.54) is 0 Å². The number of hydrogen-bond acceptors (Lipinski definition) is 4. The van der Waals surface area contributed by atoms with Crippen molar-refractivity contribution < 1.29 is 9.53 Å². The van der Waals surface area contributed by atoms with E-state index in [4.69, 9.17) is 4.74 Å². The third-order valence-electron chi connectivity index (χ3n) is 4.35. The molecule has 1 aromatic heterocycles. The number of H-pyrrole nitrogens is 1. The predicted molar refractivity (Wildman–Crippen MR) is 74.5 cm³/mol. The molecule has 0 saturated carbocycles. The van der Waals surface area contributed by atoms with Gasteiger partial charge in [-0.25, -0.2) is 0 Å². The minimum atomic E-state index is -0.0646.